The van der Waals surface area contributed by atoms with Gasteiger partial charge in [0.15, 0.2) is 0 Å². The zero-order valence-corrected chi connectivity index (χ0v) is 14.1. The zero-order valence-electron chi connectivity index (χ0n) is 13.3. The van der Waals surface area contributed by atoms with E-state index in [1.807, 2.05) is 6.92 Å². The van der Waals surface area contributed by atoms with Crippen molar-refractivity contribution >= 4 is 23.2 Å². The monoisotopic (exact) mass is 338 g/mol. The Kier molecular flexibility index (Phi) is 4.96. The molecule has 1 N–H and O–H groups in total. The molecule has 1 aliphatic carbocycles. The van der Waals surface area contributed by atoms with Crippen LogP contribution >= 0.6 is 11.3 Å². The van der Waals surface area contributed by atoms with Gasteiger partial charge in [0, 0.05) is 12.5 Å². The molecule has 0 aromatic carbocycles. The number of amides is 1. The van der Waals surface area contributed by atoms with E-state index in [1.165, 1.54) is 24.2 Å². The lowest BCUT2D eigenvalue weighted by molar-refractivity contribution is -0.139. The highest BCUT2D eigenvalue weighted by atomic mass is 32.1. The quantitative estimate of drug-likeness (QED) is 0.912. The van der Waals surface area contributed by atoms with E-state index in [1.54, 1.807) is 4.90 Å². The normalized spacial score (nSPS) is 22.5. The van der Waals surface area contributed by atoms with Crippen LogP contribution in [0.4, 0.5) is 0 Å². The number of carbonyl (C=O) groups excluding carboxylic acids is 1. The number of rotatable bonds is 4. The molecule has 1 atom stereocenters. The second kappa shape index (κ2) is 6.97. The minimum Gasteiger partial charge on any atom is -0.481 e. The second-order valence-corrected chi connectivity index (χ2v) is 7.30. The van der Waals surface area contributed by atoms with Crippen LogP contribution in [0.5, 0.6) is 0 Å². The lowest BCUT2D eigenvalue weighted by atomic mass is 10.1. The number of aromatic nitrogens is 1. The number of aryl methyl sites for hydroxylation is 1. The summed E-state index contributed by atoms with van der Waals surface area (Å²) in [6.45, 7) is 3.04. The van der Waals surface area contributed by atoms with E-state index in [9.17, 15) is 9.59 Å². The van der Waals surface area contributed by atoms with Gasteiger partial charge in [-0.15, -0.1) is 11.3 Å². The average Bonchev–Trinajstić information content (AvgIpc) is 3.15. The maximum Gasteiger partial charge on any atom is 0.305 e. The van der Waals surface area contributed by atoms with Crippen LogP contribution in [0, 0.1) is 6.92 Å². The average molecular weight is 338 g/mol. The molecule has 1 aromatic heterocycles. The van der Waals surface area contributed by atoms with Crippen molar-refractivity contribution in [2.45, 2.75) is 51.0 Å². The number of carboxylic acid groups (broad SMARTS) is 1. The fourth-order valence-corrected chi connectivity index (χ4v) is 4.58. The van der Waals surface area contributed by atoms with Gasteiger partial charge in [-0.2, -0.15) is 0 Å². The molecular formula is C16H22N2O4S. The van der Waals surface area contributed by atoms with Crippen LogP contribution in [0.15, 0.2) is 0 Å². The molecule has 1 saturated carbocycles. The summed E-state index contributed by atoms with van der Waals surface area (Å²) < 4.78 is 5.35. The van der Waals surface area contributed by atoms with E-state index in [2.05, 4.69) is 4.98 Å². The third-order valence-electron chi connectivity index (χ3n) is 4.61. The molecule has 1 unspecified atom stereocenters. The summed E-state index contributed by atoms with van der Waals surface area (Å²) >= 11 is 1.49. The SMILES string of the molecule is Cc1nc(C2CCCC2)sc1C(=O)N1CCOCC1CC(=O)O. The molecule has 1 saturated heterocycles. The molecule has 2 aliphatic rings. The fourth-order valence-electron chi connectivity index (χ4n) is 3.39. The topological polar surface area (TPSA) is 79.7 Å². The van der Waals surface area contributed by atoms with Crippen molar-refractivity contribution in [3.63, 3.8) is 0 Å². The van der Waals surface area contributed by atoms with Gasteiger partial charge in [-0.05, 0) is 19.8 Å². The Morgan fingerprint density at radius 3 is 2.83 bits per heavy atom. The lowest BCUT2D eigenvalue weighted by Gasteiger charge is -2.34. The Morgan fingerprint density at radius 2 is 2.13 bits per heavy atom. The minimum absolute atomic E-state index is 0.0843. The van der Waals surface area contributed by atoms with E-state index in [0.717, 1.165) is 23.5 Å². The molecule has 1 aliphatic heterocycles. The first-order chi connectivity index (χ1) is 11.1. The van der Waals surface area contributed by atoms with Crippen LogP contribution < -0.4 is 0 Å². The van der Waals surface area contributed by atoms with Gasteiger partial charge in [0.05, 0.1) is 36.4 Å². The number of hydrogen-bond acceptors (Lipinski definition) is 5. The third-order valence-corrected chi connectivity index (χ3v) is 5.92. The number of aliphatic carboxylic acids is 1. The van der Waals surface area contributed by atoms with Crippen molar-refractivity contribution in [2.24, 2.45) is 0 Å². The van der Waals surface area contributed by atoms with Gasteiger partial charge >= 0.3 is 5.97 Å². The predicted molar refractivity (Wildman–Crippen MR) is 86.0 cm³/mol. The third kappa shape index (κ3) is 3.55. The maximum absolute atomic E-state index is 12.9. The van der Waals surface area contributed by atoms with Gasteiger partial charge in [0.1, 0.15) is 4.88 Å². The Morgan fingerprint density at radius 1 is 1.39 bits per heavy atom. The largest absolute Gasteiger partial charge is 0.481 e. The summed E-state index contributed by atoms with van der Waals surface area (Å²) in [6.07, 6.45) is 4.69. The van der Waals surface area contributed by atoms with Crippen LogP contribution in [0.2, 0.25) is 0 Å². The molecule has 23 heavy (non-hydrogen) atoms. The van der Waals surface area contributed by atoms with Crippen LogP contribution in [-0.4, -0.2) is 52.7 Å². The molecule has 0 radical (unpaired) electrons. The van der Waals surface area contributed by atoms with Gasteiger partial charge in [-0.25, -0.2) is 4.98 Å². The highest BCUT2D eigenvalue weighted by Crippen LogP contribution is 2.37. The first-order valence-corrected chi connectivity index (χ1v) is 8.95. The highest BCUT2D eigenvalue weighted by molar-refractivity contribution is 7.13. The Bertz CT molecular complexity index is 595. The maximum atomic E-state index is 12.9. The fraction of sp³-hybridized carbons (Fsp3) is 0.688. The summed E-state index contributed by atoms with van der Waals surface area (Å²) in [4.78, 5) is 30.8. The second-order valence-electron chi connectivity index (χ2n) is 6.27. The summed E-state index contributed by atoms with van der Waals surface area (Å²) in [5.41, 5.74) is 0.766. The van der Waals surface area contributed by atoms with Gasteiger partial charge < -0.3 is 14.7 Å². The predicted octanol–water partition coefficient (Wildman–Crippen LogP) is 2.42. The van der Waals surface area contributed by atoms with Gasteiger partial charge in [0.25, 0.3) is 5.91 Å². The molecule has 0 bridgehead atoms. The molecule has 7 heteroatoms. The van der Waals surface area contributed by atoms with Crippen LogP contribution in [0.3, 0.4) is 0 Å². The van der Waals surface area contributed by atoms with E-state index >= 15 is 0 Å². The van der Waals surface area contributed by atoms with Gasteiger partial charge in [0.2, 0.25) is 0 Å². The standard InChI is InChI=1S/C16H22N2O4S/c1-10-14(23-15(17-10)11-4-2-3-5-11)16(21)18-6-7-22-9-12(18)8-13(19)20/h11-12H,2-9H2,1H3,(H,19,20). The lowest BCUT2D eigenvalue weighted by Crippen LogP contribution is -2.49. The van der Waals surface area contributed by atoms with Crippen molar-refractivity contribution in [3.8, 4) is 0 Å². The molecule has 1 aromatic rings. The smallest absolute Gasteiger partial charge is 0.305 e. The first kappa shape index (κ1) is 16.4. The Balaban J connectivity index is 1.79. The van der Waals surface area contributed by atoms with E-state index in [0.29, 0.717) is 23.9 Å². The number of carboxylic acids is 1. The van der Waals surface area contributed by atoms with Crippen LogP contribution in [-0.2, 0) is 9.53 Å². The Hall–Kier alpha value is -1.47. The molecular weight excluding hydrogens is 316 g/mol. The summed E-state index contributed by atoms with van der Waals surface area (Å²) in [5.74, 6) is -0.524. The molecule has 1 amide bonds. The van der Waals surface area contributed by atoms with E-state index in [4.69, 9.17) is 9.84 Å². The van der Waals surface area contributed by atoms with E-state index < -0.39 is 12.0 Å². The van der Waals surface area contributed by atoms with Crippen LogP contribution in [0.25, 0.3) is 0 Å². The molecule has 0 spiro atoms. The number of nitrogens with zero attached hydrogens (tertiary/aromatic N) is 2. The van der Waals surface area contributed by atoms with Gasteiger partial charge in [-0.3, -0.25) is 9.59 Å². The van der Waals surface area contributed by atoms with Crippen molar-refractivity contribution in [2.75, 3.05) is 19.8 Å². The van der Waals surface area contributed by atoms with Gasteiger partial charge in [-0.1, -0.05) is 12.8 Å². The molecule has 3 rings (SSSR count). The highest BCUT2D eigenvalue weighted by Gasteiger charge is 2.32. The number of hydrogen-bond donors (Lipinski definition) is 1. The Labute approximate surface area is 139 Å². The van der Waals surface area contributed by atoms with Crippen molar-refractivity contribution < 1.29 is 19.4 Å². The zero-order chi connectivity index (χ0) is 16.4. The number of thiazole rings is 1. The number of morpholine rings is 1. The summed E-state index contributed by atoms with van der Waals surface area (Å²) in [6, 6.07) is -0.398. The number of carbonyl (C=O) groups is 2. The van der Waals surface area contributed by atoms with E-state index in [-0.39, 0.29) is 18.9 Å². The number of ether oxygens (including phenoxy) is 1. The molecule has 126 valence electrons. The van der Waals surface area contributed by atoms with Crippen molar-refractivity contribution in [1.29, 1.82) is 0 Å². The van der Waals surface area contributed by atoms with Crippen LogP contribution in [0.1, 0.15) is 58.4 Å². The molecule has 2 heterocycles. The van der Waals surface area contributed by atoms with Crippen molar-refractivity contribution in [1.82, 2.24) is 9.88 Å². The first-order valence-electron chi connectivity index (χ1n) is 8.14. The van der Waals surface area contributed by atoms with Crippen molar-refractivity contribution in [3.05, 3.63) is 15.6 Å². The molecule has 6 nitrogen and oxygen atoms in total. The minimum atomic E-state index is -0.911. The summed E-state index contributed by atoms with van der Waals surface area (Å²) in [5, 5.41) is 10.1. The summed E-state index contributed by atoms with van der Waals surface area (Å²) in [7, 11) is 0. The molecule has 2 fully saturated rings.